The summed E-state index contributed by atoms with van der Waals surface area (Å²) < 4.78 is 16.0. The first-order chi connectivity index (χ1) is 15.0. The van der Waals surface area contributed by atoms with Crippen molar-refractivity contribution in [3.8, 4) is 11.5 Å². The largest absolute Gasteiger partial charge is 0.493 e. The van der Waals surface area contributed by atoms with E-state index in [2.05, 4.69) is 10.2 Å². The van der Waals surface area contributed by atoms with E-state index in [1.165, 1.54) is 32.4 Å². The Morgan fingerprint density at radius 3 is 2.39 bits per heavy atom. The molecular weight excluding hydrogens is 396 g/mol. The summed E-state index contributed by atoms with van der Waals surface area (Å²) in [6.07, 6.45) is 2.75. The molecule has 0 unspecified atom stereocenters. The van der Waals surface area contributed by atoms with Crippen LogP contribution >= 0.6 is 0 Å². The Hall–Kier alpha value is -3.22. The van der Waals surface area contributed by atoms with Gasteiger partial charge in [-0.15, -0.1) is 0 Å². The van der Waals surface area contributed by atoms with Gasteiger partial charge in [0, 0.05) is 24.5 Å². The molecule has 1 heterocycles. The third-order valence-electron chi connectivity index (χ3n) is 5.21. The smallest absolute Gasteiger partial charge is 0.339 e. The summed E-state index contributed by atoms with van der Waals surface area (Å²) >= 11 is 0. The van der Waals surface area contributed by atoms with Gasteiger partial charge in [0.15, 0.2) is 17.6 Å². The van der Waals surface area contributed by atoms with E-state index < -0.39 is 18.0 Å². The predicted octanol–water partition coefficient (Wildman–Crippen LogP) is 4.27. The number of piperidine rings is 1. The summed E-state index contributed by atoms with van der Waals surface area (Å²) in [6, 6.07) is 12.5. The van der Waals surface area contributed by atoms with Gasteiger partial charge in [0.05, 0.1) is 19.3 Å². The molecule has 0 aromatic heterocycles. The van der Waals surface area contributed by atoms with Crippen molar-refractivity contribution in [1.29, 1.82) is 0 Å². The lowest BCUT2D eigenvalue weighted by molar-refractivity contribution is -0.123. The molecular formula is C24H30N2O5. The number of nitrogens with zero attached hydrogens (tertiary/aromatic N) is 1. The van der Waals surface area contributed by atoms with Crippen molar-refractivity contribution in [3.63, 3.8) is 0 Å². The number of esters is 1. The summed E-state index contributed by atoms with van der Waals surface area (Å²) in [7, 11) is 1.50. The van der Waals surface area contributed by atoms with Crippen molar-refractivity contribution < 1.29 is 23.8 Å². The average molecular weight is 427 g/mol. The molecule has 1 N–H and O–H groups in total. The van der Waals surface area contributed by atoms with Crippen molar-refractivity contribution in [2.24, 2.45) is 0 Å². The van der Waals surface area contributed by atoms with E-state index in [4.69, 9.17) is 14.2 Å². The van der Waals surface area contributed by atoms with Crippen LogP contribution in [-0.4, -0.2) is 44.8 Å². The standard InChI is InChI=1S/C24H30N2O5/c1-4-30-21-13-8-18(16-22(21)29-3)24(28)31-17(2)23(27)25-19-9-11-20(12-10-19)26-14-6-5-7-15-26/h8-13,16-17H,4-7,14-15H2,1-3H3,(H,25,27)/t17-/m1/s1. The SMILES string of the molecule is CCOc1ccc(C(=O)O[C@H](C)C(=O)Nc2ccc(N3CCCCC3)cc2)cc1OC. The topological polar surface area (TPSA) is 77.1 Å². The van der Waals surface area contributed by atoms with Gasteiger partial charge >= 0.3 is 5.97 Å². The van der Waals surface area contributed by atoms with Crippen LogP contribution < -0.4 is 19.7 Å². The van der Waals surface area contributed by atoms with Gasteiger partial charge in [-0.25, -0.2) is 4.79 Å². The van der Waals surface area contributed by atoms with Gasteiger partial charge in [0.1, 0.15) is 0 Å². The number of benzene rings is 2. The minimum absolute atomic E-state index is 0.283. The molecule has 1 aliphatic rings. The molecule has 1 atom stereocenters. The zero-order chi connectivity index (χ0) is 22.2. The van der Waals surface area contributed by atoms with E-state index in [-0.39, 0.29) is 5.56 Å². The fourth-order valence-corrected chi connectivity index (χ4v) is 3.50. The molecule has 0 saturated carbocycles. The highest BCUT2D eigenvalue weighted by Gasteiger charge is 2.20. The average Bonchev–Trinajstić information content (AvgIpc) is 2.80. The quantitative estimate of drug-likeness (QED) is 0.636. The van der Waals surface area contributed by atoms with Crippen LogP contribution in [0, 0.1) is 0 Å². The fraction of sp³-hybridized carbons (Fsp3) is 0.417. The first-order valence-electron chi connectivity index (χ1n) is 10.7. The molecule has 3 rings (SSSR count). The zero-order valence-electron chi connectivity index (χ0n) is 18.3. The van der Waals surface area contributed by atoms with Crippen molar-refractivity contribution in [2.45, 2.75) is 39.2 Å². The molecule has 0 spiro atoms. The van der Waals surface area contributed by atoms with Crippen LogP contribution in [0.2, 0.25) is 0 Å². The Balaban J connectivity index is 1.57. The van der Waals surface area contributed by atoms with Crippen molar-refractivity contribution in [2.75, 3.05) is 37.0 Å². The normalized spacial score (nSPS) is 14.5. The van der Waals surface area contributed by atoms with Crippen LogP contribution in [-0.2, 0) is 9.53 Å². The number of anilines is 2. The Morgan fingerprint density at radius 1 is 1.03 bits per heavy atom. The van der Waals surface area contributed by atoms with Gasteiger partial charge in [0.25, 0.3) is 5.91 Å². The number of carbonyl (C=O) groups excluding carboxylic acids is 2. The molecule has 2 aromatic carbocycles. The number of rotatable bonds is 8. The molecule has 2 aromatic rings. The van der Waals surface area contributed by atoms with Gasteiger partial charge in [-0.2, -0.15) is 0 Å². The number of hydrogen-bond acceptors (Lipinski definition) is 6. The van der Waals surface area contributed by atoms with E-state index >= 15 is 0 Å². The molecule has 31 heavy (non-hydrogen) atoms. The Kier molecular flexibility index (Phi) is 7.76. The van der Waals surface area contributed by atoms with Crippen molar-refractivity contribution in [1.82, 2.24) is 0 Å². The highest BCUT2D eigenvalue weighted by atomic mass is 16.5. The molecule has 0 aliphatic carbocycles. The Bertz CT molecular complexity index is 891. The van der Waals surface area contributed by atoms with Gasteiger partial charge in [-0.05, 0) is 75.6 Å². The number of amides is 1. The maximum atomic E-state index is 12.5. The second-order valence-electron chi connectivity index (χ2n) is 7.43. The number of nitrogens with one attached hydrogen (secondary N) is 1. The summed E-state index contributed by atoms with van der Waals surface area (Å²) in [4.78, 5) is 27.3. The van der Waals surface area contributed by atoms with Crippen molar-refractivity contribution >= 4 is 23.3 Å². The third-order valence-corrected chi connectivity index (χ3v) is 5.21. The second kappa shape index (κ2) is 10.7. The number of methoxy groups -OCH3 is 1. The Labute approximate surface area is 183 Å². The molecule has 1 fully saturated rings. The zero-order valence-corrected chi connectivity index (χ0v) is 18.3. The molecule has 1 aliphatic heterocycles. The van der Waals surface area contributed by atoms with Crippen LogP contribution in [0.25, 0.3) is 0 Å². The van der Waals surface area contributed by atoms with Crippen LogP contribution in [0.15, 0.2) is 42.5 Å². The monoisotopic (exact) mass is 426 g/mol. The van der Waals surface area contributed by atoms with E-state index in [1.807, 2.05) is 31.2 Å². The lowest BCUT2D eigenvalue weighted by Crippen LogP contribution is -2.30. The second-order valence-corrected chi connectivity index (χ2v) is 7.43. The number of hydrogen-bond donors (Lipinski definition) is 1. The minimum atomic E-state index is -0.952. The first kappa shape index (κ1) is 22.5. The summed E-state index contributed by atoms with van der Waals surface area (Å²) in [5.41, 5.74) is 2.10. The van der Waals surface area contributed by atoms with E-state index in [9.17, 15) is 9.59 Å². The lowest BCUT2D eigenvalue weighted by atomic mass is 10.1. The lowest BCUT2D eigenvalue weighted by Gasteiger charge is -2.28. The third kappa shape index (κ3) is 5.90. The van der Waals surface area contributed by atoms with Crippen LogP contribution in [0.3, 0.4) is 0 Å². The molecule has 0 radical (unpaired) electrons. The van der Waals surface area contributed by atoms with Crippen LogP contribution in [0.4, 0.5) is 11.4 Å². The molecule has 7 nitrogen and oxygen atoms in total. The van der Waals surface area contributed by atoms with E-state index in [1.54, 1.807) is 19.1 Å². The maximum Gasteiger partial charge on any atom is 0.339 e. The molecule has 1 saturated heterocycles. The number of carbonyl (C=O) groups is 2. The van der Waals surface area contributed by atoms with Gasteiger partial charge in [0.2, 0.25) is 0 Å². The molecule has 166 valence electrons. The summed E-state index contributed by atoms with van der Waals surface area (Å²) in [6.45, 7) is 6.02. The summed E-state index contributed by atoms with van der Waals surface area (Å²) in [5.74, 6) is -0.0241. The minimum Gasteiger partial charge on any atom is -0.493 e. The van der Waals surface area contributed by atoms with Gasteiger partial charge < -0.3 is 24.4 Å². The van der Waals surface area contributed by atoms with Gasteiger partial charge in [-0.3, -0.25) is 4.79 Å². The van der Waals surface area contributed by atoms with Crippen LogP contribution in [0.1, 0.15) is 43.5 Å². The maximum absolute atomic E-state index is 12.5. The summed E-state index contributed by atoms with van der Waals surface area (Å²) in [5, 5.41) is 2.80. The van der Waals surface area contributed by atoms with E-state index in [0.29, 0.717) is 23.8 Å². The first-order valence-corrected chi connectivity index (χ1v) is 10.7. The predicted molar refractivity (Wildman–Crippen MR) is 120 cm³/mol. The highest BCUT2D eigenvalue weighted by molar-refractivity contribution is 5.97. The van der Waals surface area contributed by atoms with Crippen molar-refractivity contribution in [3.05, 3.63) is 48.0 Å². The highest BCUT2D eigenvalue weighted by Crippen LogP contribution is 2.28. The molecule has 1 amide bonds. The van der Waals surface area contributed by atoms with E-state index in [0.717, 1.165) is 18.8 Å². The molecule has 0 bridgehead atoms. The Morgan fingerprint density at radius 2 is 1.74 bits per heavy atom. The molecule has 7 heteroatoms. The number of ether oxygens (including phenoxy) is 3. The van der Waals surface area contributed by atoms with Crippen LogP contribution in [0.5, 0.6) is 11.5 Å². The van der Waals surface area contributed by atoms with Gasteiger partial charge in [-0.1, -0.05) is 0 Å². The fourth-order valence-electron chi connectivity index (χ4n) is 3.50.